The third-order valence-corrected chi connectivity index (χ3v) is 6.27. The van der Waals surface area contributed by atoms with Gasteiger partial charge in [0.1, 0.15) is 23.0 Å². The number of amides is 1. The van der Waals surface area contributed by atoms with E-state index in [0.717, 1.165) is 5.56 Å². The molecule has 5 rings (SSSR count). The van der Waals surface area contributed by atoms with Gasteiger partial charge in [0.05, 0.1) is 17.7 Å². The van der Waals surface area contributed by atoms with Crippen molar-refractivity contribution in [3.63, 3.8) is 0 Å². The summed E-state index contributed by atoms with van der Waals surface area (Å²) in [7, 11) is 0. The minimum atomic E-state index is -0.837. The van der Waals surface area contributed by atoms with Crippen LogP contribution in [0.3, 0.4) is 0 Å². The Morgan fingerprint density at radius 3 is 2.33 bits per heavy atom. The molecule has 0 radical (unpaired) electrons. The molecule has 4 aromatic rings. The molecule has 1 unspecified atom stereocenters. The average Bonchev–Trinajstić information content (AvgIpc) is 3.19. The maximum absolute atomic E-state index is 13.4. The van der Waals surface area contributed by atoms with Crippen LogP contribution in [0.4, 0.5) is 0 Å². The van der Waals surface area contributed by atoms with Crippen molar-refractivity contribution in [2.75, 3.05) is 0 Å². The molecule has 1 saturated heterocycles. The van der Waals surface area contributed by atoms with Crippen molar-refractivity contribution in [2.24, 2.45) is 0 Å². The highest BCUT2D eigenvalue weighted by atomic mass is 16.5. The van der Waals surface area contributed by atoms with E-state index in [2.05, 4.69) is 4.98 Å². The smallest absolute Gasteiger partial charge is 0.295 e. The molecule has 3 aromatic carbocycles. The van der Waals surface area contributed by atoms with Gasteiger partial charge in [0, 0.05) is 24.5 Å². The van der Waals surface area contributed by atoms with Gasteiger partial charge in [-0.1, -0.05) is 36.4 Å². The van der Waals surface area contributed by atoms with E-state index < -0.39 is 17.7 Å². The van der Waals surface area contributed by atoms with Crippen molar-refractivity contribution in [2.45, 2.75) is 32.5 Å². The Labute approximate surface area is 227 Å². The number of rotatable bonds is 8. The first-order valence-corrected chi connectivity index (χ1v) is 12.7. The monoisotopic (exact) mass is 520 g/mol. The number of aliphatic hydroxyl groups excluding tert-OH is 1. The molecule has 7 heteroatoms. The standard InChI is InChI=1S/C32H28N2O5/c1-21(2)38-26-15-13-23(14-16-26)30(35)28-29(34(32(37)31(28)36)20-22-8-7-17-33-19-22)24-9-6-12-27(18-24)39-25-10-4-3-5-11-25/h3-19,21,29,35H,20H2,1-2H3/b30-28-. The molecule has 1 aliphatic heterocycles. The minimum Gasteiger partial charge on any atom is -0.507 e. The molecule has 39 heavy (non-hydrogen) atoms. The summed E-state index contributed by atoms with van der Waals surface area (Å²) in [6.45, 7) is 3.99. The van der Waals surface area contributed by atoms with Gasteiger partial charge in [-0.15, -0.1) is 0 Å². The lowest BCUT2D eigenvalue weighted by Crippen LogP contribution is -2.29. The maximum atomic E-state index is 13.4. The molecule has 0 saturated carbocycles. The predicted molar refractivity (Wildman–Crippen MR) is 147 cm³/mol. The van der Waals surface area contributed by atoms with Gasteiger partial charge in [-0.3, -0.25) is 14.6 Å². The molecule has 1 amide bonds. The highest BCUT2D eigenvalue weighted by Gasteiger charge is 2.46. The first kappa shape index (κ1) is 25.7. The Hall–Kier alpha value is -4.91. The molecule has 1 aliphatic rings. The van der Waals surface area contributed by atoms with Gasteiger partial charge in [-0.2, -0.15) is 0 Å². The lowest BCUT2D eigenvalue weighted by Gasteiger charge is -2.25. The number of nitrogens with zero attached hydrogens (tertiary/aromatic N) is 2. The SMILES string of the molecule is CC(C)Oc1ccc(/C(O)=C2/C(=O)C(=O)N(Cc3cccnc3)C2c2cccc(Oc3ccccc3)c2)cc1. The summed E-state index contributed by atoms with van der Waals surface area (Å²) >= 11 is 0. The van der Waals surface area contributed by atoms with E-state index in [-0.39, 0.29) is 24.0 Å². The normalized spacial score (nSPS) is 16.5. The minimum absolute atomic E-state index is 0.00682. The van der Waals surface area contributed by atoms with Crippen LogP contribution >= 0.6 is 0 Å². The zero-order chi connectivity index (χ0) is 27.4. The molecular formula is C32H28N2O5. The van der Waals surface area contributed by atoms with E-state index in [1.807, 2.05) is 56.3 Å². The molecule has 0 aliphatic carbocycles. The fourth-order valence-corrected chi connectivity index (χ4v) is 4.57. The van der Waals surface area contributed by atoms with E-state index in [4.69, 9.17) is 9.47 Å². The molecule has 7 nitrogen and oxygen atoms in total. The first-order chi connectivity index (χ1) is 18.9. The molecule has 1 aromatic heterocycles. The number of benzene rings is 3. The molecule has 196 valence electrons. The number of pyridine rings is 1. The molecule has 1 atom stereocenters. The van der Waals surface area contributed by atoms with Gasteiger partial charge < -0.3 is 19.5 Å². The molecule has 1 fully saturated rings. The third-order valence-electron chi connectivity index (χ3n) is 6.27. The number of aliphatic hydroxyl groups is 1. The van der Waals surface area contributed by atoms with E-state index >= 15 is 0 Å². The van der Waals surface area contributed by atoms with Crippen LogP contribution in [0, 0.1) is 0 Å². The Morgan fingerprint density at radius 2 is 1.64 bits per heavy atom. The van der Waals surface area contributed by atoms with Crippen LogP contribution < -0.4 is 9.47 Å². The highest BCUT2D eigenvalue weighted by Crippen LogP contribution is 2.41. The largest absolute Gasteiger partial charge is 0.507 e. The molecule has 0 spiro atoms. The quantitative estimate of drug-likeness (QED) is 0.167. The summed E-state index contributed by atoms with van der Waals surface area (Å²) < 4.78 is 11.7. The van der Waals surface area contributed by atoms with Crippen LogP contribution in [-0.2, 0) is 16.1 Å². The number of likely N-dealkylation sites (tertiary alicyclic amines) is 1. The molecule has 0 bridgehead atoms. The van der Waals surface area contributed by atoms with Crippen LogP contribution in [0.1, 0.15) is 36.6 Å². The van der Waals surface area contributed by atoms with E-state index in [0.29, 0.717) is 28.4 Å². The maximum Gasteiger partial charge on any atom is 0.295 e. The Balaban J connectivity index is 1.58. The fourth-order valence-electron chi connectivity index (χ4n) is 4.57. The summed E-state index contributed by atoms with van der Waals surface area (Å²) in [4.78, 5) is 32.4. The van der Waals surface area contributed by atoms with Gasteiger partial charge >= 0.3 is 0 Å². The Kier molecular flexibility index (Phi) is 7.41. The van der Waals surface area contributed by atoms with Gasteiger partial charge in [-0.25, -0.2) is 0 Å². The van der Waals surface area contributed by atoms with Gasteiger partial charge in [0.25, 0.3) is 11.7 Å². The zero-order valence-electron chi connectivity index (χ0n) is 21.7. The van der Waals surface area contributed by atoms with E-state index in [1.54, 1.807) is 60.9 Å². The number of hydrogen-bond acceptors (Lipinski definition) is 6. The highest BCUT2D eigenvalue weighted by molar-refractivity contribution is 6.46. The van der Waals surface area contributed by atoms with E-state index in [9.17, 15) is 14.7 Å². The summed E-state index contributed by atoms with van der Waals surface area (Å²) in [5.41, 5.74) is 1.81. The molecule has 2 heterocycles. The van der Waals surface area contributed by atoms with Crippen molar-refractivity contribution < 1.29 is 24.2 Å². The fraction of sp³-hybridized carbons (Fsp3) is 0.156. The molecule has 1 N–H and O–H groups in total. The van der Waals surface area contributed by atoms with Crippen molar-refractivity contribution in [3.05, 3.63) is 126 Å². The van der Waals surface area contributed by atoms with Gasteiger partial charge in [0.15, 0.2) is 0 Å². The lowest BCUT2D eigenvalue weighted by atomic mass is 9.95. The Bertz CT molecular complexity index is 1500. The van der Waals surface area contributed by atoms with Crippen LogP contribution in [0.25, 0.3) is 5.76 Å². The summed E-state index contributed by atoms with van der Waals surface area (Å²) in [6.07, 6.45) is 3.29. The molecular weight excluding hydrogens is 492 g/mol. The average molecular weight is 521 g/mol. The van der Waals surface area contributed by atoms with Gasteiger partial charge in [0.2, 0.25) is 0 Å². The number of para-hydroxylation sites is 1. The number of ketones is 1. The van der Waals surface area contributed by atoms with Crippen molar-refractivity contribution in [1.82, 2.24) is 9.88 Å². The van der Waals surface area contributed by atoms with Crippen molar-refractivity contribution >= 4 is 17.4 Å². The van der Waals surface area contributed by atoms with Crippen molar-refractivity contribution in [3.8, 4) is 17.2 Å². The van der Waals surface area contributed by atoms with Crippen LogP contribution in [0.15, 0.2) is 109 Å². The predicted octanol–water partition coefficient (Wildman–Crippen LogP) is 6.28. The van der Waals surface area contributed by atoms with Gasteiger partial charge in [-0.05, 0) is 79.6 Å². The van der Waals surface area contributed by atoms with Crippen molar-refractivity contribution in [1.29, 1.82) is 0 Å². The second-order valence-electron chi connectivity index (χ2n) is 9.47. The first-order valence-electron chi connectivity index (χ1n) is 12.7. The van der Waals surface area contributed by atoms with Crippen LogP contribution in [0.2, 0.25) is 0 Å². The number of hydrogen-bond donors (Lipinski definition) is 1. The second kappa shape index (κ2) is 11.2. The van der Waals surface area contributed by atoms with E-state index in [1.165, 1.54) is 4.90 Å². The van der Waals surface area contributed by atoms with Crippen LogP contribution in [-0.4, -0.2) is 32.8 Å². The summed E-state index contributed by atoms with van der Waals surface area (Å²) in [5, 5.41) is 11.4. The van der Waals surface area contributed by atoms with Crippen LogP contribution in [0.5, 0.6) is 17.2 Å². The number of carbonyl (C=O) groups excluding carboxylic acids is 2. The topological polar surface area (TPSA) is 89.0 Å². The summed E-state index contributed by atoms with van der Waals surface area (Å²) in [6, 6.07) is 26.1. The summed E-state index contributed by atoms with van der Waals surface area (Å²) in [5.74, 6) is 0.139. The number of ether oxygens (including phenoxy) is 2. The number of aromatic nitrogens is 1. The second-order valence-corrected chi connectivity index (χ2v) is 9.47. The third kappa shape index (κ3) is 5.67. The Morgan fingerprint density at radius 1 is 0.897 bits per heavy atom. The number of carbonyl (C=O) groups is 2. The lowest BCUT2D eigenvalue weighted by molar-refractivity contribution is -0.140. The zero-order valence-corrected chi connectivity index (χ0v) is 21.7. The number of Topliss-reactive ketones (excluding diaryl/α,β-unsaturated/α-hetero) is 1.